The summed E-state index contributed by atoms with van der Waals surface area (Å²) >= 11 is 0. The number of sulfonamides is 1. The first-order valence-corrected chi connectivity index (χ1v) is 9.09. The third-order valence-corrected chi connectivity index (χ3v) is 6.59. The molecule has 7 nitrogen and oxygen atoms in total. The van der Waals surface area contributed by atoms with Crippen LogP contribution in [-0.2, 0) is 10.0 Å². The van der Waals surface area contributed by atoms with Gasteiger partial charge in [0, 0.05) is 19.1 Å². The van der Waals surface area contributed by atoms with Crippen molar-refractivity contribution in [2.24, 2.45) is 11.7 Å². The first-order chi connectivity index (χ1) is 10.9. The van der Waals surface area contributed by atoms with Crippen LogP contribution in [-0.4, -0.2) is 51.4 Å². The summed E-state index contributed by atoms with van der Waals surface area (Å²) in [4.78, 5) is 11.6. The van der Waals surface area contributed by atoms with Crippen LogP contribution in [0.5, 0.6) is 5.75 Å². The smallest absolute Gasteiger partial charge is 0.252 e. The third-order valence-electron chi connectivity index (χ3n) is 4.67. The third kappa shape index (κ3) is 2.82. The molecule has 3 N–H and O–H groups in total. The molecule has 2 saturated heterocycles. The molecule has 1 aromatic rings. The summed E-state index contributed by atoms with van der Waals surface area (Å²) < 4.78 is 32.7. The molecule has 0 aromatic heterocycles. The number of ether oxygens (including phenoxy) is 1. The maximum absolute atomic E-state index is 13.0. The van der Waals surface area contributed by atoms with Gasteiger partial charge in [0.1, 0.15) is 5.75 Å². The van der Waals surface area contributed by atoms with E-state index in [1.807, 2.05) is 0 Å². The number of amides is 1. The molecule has 3 rings (SSSR count). The quantitative estimate of drug-likeness (QED) is 0.814. The molecule has 0 spiro atoms. The number of carbonyl (C=O) groups excluding carboxylic acids is 1. The van der Waals surface area contributed by atoms with E-state index in [1.165, 1.54) is 25.3 Å². The molecule has 2 aliphatic rings. The van der Waals surface area contributed by atoms with Crippen LogP contribution in [0.3, 0.4) is 0 Å². The van der Waals surface area contributed by atoms with Gasteiger partial charge in [-0.2, -0.15) is 4.31 Å². The van der Waals surface area contributed by atoms with Gasteiger partial charge in [0.15, 0.2) is 0 Å². The van der Waals surface area contributed by atoms with E-state index >= 15 is 0 Å². The minimum Gasteiger partial charge on any atom is -0.496 e. The Kier molecular flexibility index (Phi) is 4.31. The van der Waals surface area contributed by atoms with Gasteiger partial charge in [-0.25, -0.2) is 8.42 Å². The van der Waals surface area contributed by atoms with Gasteiger partial charge in [-0.05, 0) is 43.5 Å². The van der Waals surface area contributed by atoms with Gasteiger partial charge < -0.3 is 15.8 Å². The zero-order chi connectivity index (χ0) is 16.6. The molecule has 2 aliphatic heterocycles. The fraction of sp³-hybridized carbons (Fsp3) is 0.533. The van der Waals surface area contributed by atoms with Crippen molar-refractivity contribution in [2.45, 2.75) is 23.8 Å². The number of hydrogen-bond donors (Lipinski definition) is 2. The maximum atomic E-state index is 13.0. The predicted molar refractivity (Wildman–Crippen MR) is 84.8 cm³/mol. The van der Waals surface area contributed by atoms with Gasteiger partial charge in [0.2, 0.25) is 10.0 Å². The summed E-state index contributed by atoms with van der Waals surface area (Å²) in [5, 5.41) is 3.27. The van der Waals surface area contributed by atoms with Crippen LogP contribution < -0.4 is 15.8 Å². The van der Waals surface area contributed by atoms with Crippen molar-refractivity contribution in [1.82, 2.24) is 9.62 Å². The Balaban J connectivity index is 1.99. The molecular formula is C15H21N3O4S. The zero-order valence-electron chi connectivity index (χ0n) is 13.0. The van der Waals surface area contributed by atoms with E-state index in [0.717, 1.165) is 19.4 Å². The van der Waals surface area contributed by atoms with Crippen molar-refractivity contribution in [1.29, 1.82) is 0 Å². The van der Waals surface area contributed by atoms with E-state index < -0.39 is 15.9 Å². The Morgan fingerprint density at radius 1 is 1.39 bits per heavy atom. The molecule has 0 unspecified atom stereocenters. The predicted octanol–water partition coefficient (Wildman–Crippen LogP) is 0.167. The Bertz CT molecular complexity index is 719. The molecule has 0 bridgehead atoms. The highest BCUT2D eigenvalue weighted by Gasteiger charge is 2.41. The molecule has 0 radical (unpaired) electrons. The number of hydrogen-bond acceptors (Lipinski definition) is 5. The Morgan fingerprint density at radius 2 is 2.17 bits per heavy atom. The van der Waals surface area contributed by atoms with Gasteiger partial charge >= 0.3 is 0 Å². The number of piperidine rings is 1. The molecule has 8 heteroatoms. The molecular weight excluding hydrogens is 318 g/mol. The van der Waals surface area contributed by atoms with Gasteiger partial charge in [-0.1, -0.05) is 0 Å². The van der Waals surface area contributed by atoms with E-state index in [1.54, 1.807) is 4.31 Å². The van der Waals surface area contributed by atoms with Crippen molar-refractivity contribution < 1.29 is 17.9 Å². The van der Waals surface area contributed by atoms with E-state index in [4.69, 9.17) is 10.5 Å². The van der Waals surface area contributed by atoms with Crippen molar-refractivity contribution in [3.05, 3.63) is 23.8 Å². The lowest BCUT2D eigenvalue weighted by Gasteiger charge is -2.36. The van der Waals surface area contributed by atoms with E-state index in [-0.39, 0.29) is 22.3 Å². The number of nitrogens with two attached hydrogens (primary N) is 1. The van der Waals surface area contributed by atoms with Crippen LogP contribution in [0.4, 0.5) is 0 Å². The lowest BCUT2D eigenvalue weighted by molar-refractivity contribution is 0.0997. The van der Waals surface area contributed by atoms with Gasteiger partial charge in [0.05, 0.1) is 17.6 Å². The van der Waals surface area contributed by atoms with Crippen LogP contribution in [0.1, 0.15) is 23.2 Å². The van der Waals surface area contributed by atoms with E-state index in [0.29, 0.717) is 19.0 Å². The molecule has 1 aromatic carbocycles. The van der Waals surface area contributed by atoms with E-state index in [2.05, 4.69) is 5.32 Å². The highest BCUT2D eigenvalue weighted by Crippen LogP contribution is 2.32. The number of benzene rings is 1. The first-order valence-electron chi connectivity index (χ1n) is 7.65. The van der Waals surface area contributed by atoms with Crippen molar-refractivity contribution in [2.75, 3.05) is 26.7 Å². The molecule has 1 amide bonds. The Labute approximate surface area is 135 Å². The van der Waals surface area contributed by atoms with Gasteiger partial charge in [-0.3, -0.25) is 4.79 Å². The Hall–Kier alpha value is -1.64. The number of fused-ring (bicyclic) bond motifs is 1. The normalized spacial score (nSPS) is 25.1. The summed E-state index contributed by atoms with van der Waals surface area (Å²) in [7, 11) is -2.26. The average Bonchev–Trinajstić information content (AvgIpc) is 3.02. The zero-order valence-corrected chi connectivity index (χ0v) is 13.8. The first kappa shape index (κ1) is 16.2. The fourth-order valence-electron chi connectivity index (χ4n) is 3.50. The largest absolute Gasteiger partial charge is 0.496 e. The molecule has 0 saturated carbocycles. The lowest BCUT2D eigenvalue weighted by atomic mass is 9.94. The van der Waals surface area contributed by atoms with Crippen molar-refractivity contribution in [3.8, 4) is 5.75 Å². The summed E-state index contributed by atoms with van der Waals surface area (Å²) in [5.74, 6) is -0.0826. The highest BCUT2D eigenvalue weighted by atomic mass is 32.2. The van der Waals surface area contributed by atoms with Crippen LogP contribution in [0.15, 0.2) is 23.1 Å². The molecule has 126 valence electrons. The number of methoxy groups -OCH3 is 1. The number of rotatable bonds is 4. The maximum Gasteiger partial charge on any atom is 0.252 e. The summed E-state index contributed by atoms with van der Waals surface area (Å²) in [6.07, 6.45) is 1.89. The van der Waals surface area contributed by atoms with Gasteiger partial charge in [-0.15, -0.1) is 0 Å². The second-order valence-electron chi connectivity index (χ2n) is 5.97. The second kappa shape index (κ2) is 6.10. The van der Waals surface area contributed by atoms with Crippen molar-refractivity contribution >= 4 is 15.9 Å². The van der Waals surface area contributed by atoms with Crippen LogP contribution in [0, 0.1) is 5.92 Å². The minimum absolute atomic E-state index is 0.0205. The average molecular weight is 339 g/mol. The summed E-state index contributed by atoms with van der Waals surface area (Å²) in [6.45, 7) is 2.03. The monoisotopic (exact) mass is 339 g/mol. The van der Waals surface area contributed by atoms with Crippen molar-refractivity contribution in [3.63, 3.8) is 0 Å². The van der Waals surface area contributed by atoms with Gasteiger partial charge in [0.25, 0.3) is 5.91 Å². The topological polar surface area (TPSA) is 102 Å². The number of primary amides is 1. The molecule has 2 atom stereocenters. The summed E-state index contributed by atoms with van der Waals surface area (Å²) in [6, 6.07) is 4.23. The van der Waals surface area contributed by atoms with Crippen LogP contribution >= 0.6 is 0 Å². The molecule has 2 heterocycles. The summed E-state index contributed by atoms with van der Waals surface area (Å²) in [5.41, 5.74) is 5.40. The molecule has 0 aliphatic carbocycles. The Morgan fingerprint density at radius 3 is 2.87 bits per heavy atom. The highest BCUT2D eigenvalue weighted by molar-refractivity contribution is 7.89. The van der Waals surface area contributed by atoms with E-state index in [9.17, 15) is 13.2 Å². The van der Waals surface area contributed by atoms with Crippen LogP contribution in [0.25, 0.3) is 0 Å². The fourth-order valence-corrected chi connectivity index (χ4v) is 5.25. The molecule has 23 heavy (non-hydrogen) atoms. The van der Waals surface area contributed by atoms with Crippen LogP contribution in [0.2, 0.25) is 0 Å². The number of carbonyl (C=O) groups is 1. The number of nitrogens with one attached hydrogen (secondary N) is 1. The second-order valence-corrected chi connectivity index (χ2v) is 7.86. The molecule has 2 fully saturated rings. The SMILES string of the molecule is COc1ccc(S(=O)(=O)N2CCC[C@H]3CNC[C@H]32)cc1C(N)=O. The lowest BCUT2D eigenvalue weighted by Crippen LogP contribution is -2.48. The number of nitrogens with zero attached hydrogens (tertiary/aromatic N) is 1. The standard InChI is InChI=1S/C15H21N3O4S/c1-22-14-5-4-11(7-12(14)15(16)19)23(20,21)18-6-2-3-10-8-17-9-13(10)18/h4-5,7,10,13,17H,2-3,6,8-9H2,1H3,(H2,16,19)/t10-,13+/m0/s1. The minimum atomic E-state index is -3.67.